The average Bonchev–Trinajstić information content (AvgIpc) is 3.41. The van der Waals surface area contributed by atoms with Gasteiger partial charge in [-0.15, -0.1) is 0 Å². The first-order valence-electron chi connectivity index (χ1n) is 11.3. The van der Waals surface area contributed by atoms with Crippen LogP contribution in [0.2, 0.25) is 0 Å². The number of para-hydroxylation sites is 1. The first-order valence-corrected chi connectivity index (χ1v) is 12.3. The second-order valence-corrected chi connectivity index (χ2v) is 9.54. The summed E-state index contributed by atoms with van der Waals surface area (Å²) in [7, 11) is 0. The Balaban J connectivity index is 1.87. The van der Waals surface area contributed by atoms with Crippen LogP contribution < -0.4 is 4.31 Å². The molecule has 0 aliphatic heterocycles. The van der Waals surface area contributed by atoms with Crippen LogP contribution in [-0.4, -0.2) is 36.3 Å². The van der Waals surface area contributed by atoms with E-state index in [1.54, 1.807) is 30.0 Å². The summed E-state index contributed by atoms with van der Waals surface area (Å²) in [5, 5.41) is 10.9. The van der Waals surface area contributed by atoms with E-state index in [1.165, 1.54) is 11.2 Å². The number of furan rings is 1. The summed E-state index contributed by atoms with van der Waals surface area (Å²) in [6.07, 6.45) is 4.66. The molecule has 3 aromatic rings. The standard InChI is InChI=1S/C25H28N2O6S/c1-17(28)26(18-8-3-4-9-18)25(2,15-7-12-24(29)30)27(34(31)32)19-13-14-23-21(16-19)20-10-5-6-11-22(20)33-23/h5-6,8,10-11,13-14,16H,3-4,7,9,12,15H2,1-2H3,(H,29,30)(H,31,32). The van der Waals surface area contributed by atoms with E-state index in [1.807, 2.05) is 30.3 Å². The van der Waals surface area contributed by atoms with E-state index >= 15 is 0 Å². The number of carboxylic acids is 1. The number of carbonyl (C=O) groups excluding carboxylic acids is 1. The quantitative estimate of drug-likeness (QED) is 0.310. The highest BCUT2D eigenvalue weighted by Gasteiger charge is 2.44. The summed E-state index contributed by atoms with van der Waals surface area (Å²) in [6, 6.07) is 12.8. The zero-order valence-electron chi connectivity index (χ0n) is 19.2. The molecular weight excluding hydrogens is 456 g/mol. The maximum Gasteiger partial charge on any atom is 0.303 e. The summed E-state index contributed by atoms with van der Waals surface area (Å²) in [5.74, 6) is -1.23. The molecule has 1 amide bonds. The van der Waals surface area contributed by atoms with E-state index in [0.29, 0.717) is 23.3 Å². The summed E-state index contributed by atoms with van der Waals surface area (Å²) in [4.78, 5) is 25.7. The normalized spacial score (nSPS) is 16.3. The van der Waals surface area contributed by atoms with E-state index in [9.17, 15) is 23.5 Å². The second-order valence-electron chi connectivity index (χ2n) is 8.71. The molecule has 2 aromatic carbocycles. The molecule has 2 unspecified atom stereocenters. The van der Waals surface area contributed by atoms with E-state index in [4.69, 9.17) is 4.42 Å². The molecule has 2 atom stereocenters. The number of fused-ring (bicyclic) bond motifs is 3. The van der Waals surface area contributed by atoms with Crippen molar-refractivity contribution < 1.29 is 27.9 Å². The Kier molecular flexibility index (Phi) is 6.77. The van der Waals surface area contributed by atoms with Crippen LogP contribution in [0.25, 0.3) is 21.9 Å². The van der Waals surface area contributed by atoms with Gasteiger partial charge in [0.1, 0.15) is 16.8 Å². The fourth-order valence-electron chi connectivity index (χ4n) is 4.96. The van der Waals surface area contributed by atoms with Crippen molar-refractivity contribution in [3.8, 4) is 0 Å². The monoisotopic (exact) mass is 484 g/mol. The fraction of sp³-hybridized carbons (Fsp3) is 0.360. The van der Waals surface area contributed by atoms with Gasteiger partial charge in [-0.2, -0.15) is 0 Å². The van der Waals surface area contributed by atoms with Gasteiger partial charge in [0.05, 0.1) is 5.69 Å². The molecule has 1 aliphatic rings. The number of nitrogens with zero attached hydrogens (tertiary/aromatic N) is 2. The minimum Gasteiger partial charge on any atom is -0.481 e. The lowest BCUT2D eigenvalue weighted by molar-refractivity contribution is -0.137. The Morgan fingerprint density at radius 3 is 2.53 bits per heavy atom. The van der Waals surface area contributed by atoms with Crippen molar-refractivity contribution in [1.82, 2.24) is 4.90 Å². The zero-order chi connectivity index (χ0) is 24.5. The van der Waals surface area contributed by atoms with Crippen molar-refractivity contribution in [3.05, 3.63) is 54.2 Å². The van der Waals surface area contributed by atoms with Crippen molar-refractivity contribution in [2.24, 2.45) is 0 Å². The molecule has 1 aromatic heterocycles. The lowest BCUT2D eigenvalue weighted by atomic mass is 9.99. The smallest absolute Gasteiger partial charge is 0.303 e. The van der Waals surface area contributed by atoms with Crippen molar-refractivity contribution >= 4 is 50.8 Å². The van der Waals surface area contributed by atoms with Crippen LogP contribution in [0.15, 0.2) is 58.7 Å². The molecule has 0 fully saturated rings. The van der Waals surface area contributed by atoms with Crippen LogP contribution in [0, 0.1) is 0 Å². The zero-order valence-corrected chi connectivity index (χ0v) is 20.0. The van der Waals surface area contributed by atoms with Crippen molar-refractivity contribution in [2.75, 3.05) is 4.31 Å². The first-order chi connectivity index (χ1) is 16.2. The van der Waals surface area contributed by atoms with Crippen LogP contribution >= 0.6 is 0 Å². The predicted octanol–water partition coefficient (Wildman–Crippen LogP) is 5.42. The molecule has 0 spiro atoms. The third-order valence-electron chi connectivity index (χ3n) is 6.33. The molecule has 1 aliphatic carbocycles. The number of carboxylic acid groups (broad SMARTS) is 1. The minimum absolute atomic E-state index is 0.113. The highest BCUT2D eigenvalue weighted by atomic mass is 32.2. The van der Waals surface area contributed by atoms with Gasteiger partial charge in [0.2, 0.25) is 5.91 Å². The van der Waals surface area contributed by atoms with Crippen molar-refractivity contribution in [1.29, 1.82) is 0 Å². The molecule has 0 radical (unpaired) electrons. The van der Waals surface area contributed by atoms with Gasteiger partial charge in [-0.1, -0.05) is 24.3 Å². The van der Waals surface area contributed by atoms with Gasteiger partial charge in [-0.05, 0) is 63.3 Å². The van der Waals surface area contributed by atoms with Gasteiger partial charge >= 0.3 is 5.97 Å². The van der Waals surface area contributed by atoms with Gasteiger partial charge in [0.25, 0.3) is 11.3 Å². The Bertz CT molecular complexity index is 1300. The molecule has 2 N–H and O–H groups in total. The van der Waals surface area contributed by atoms with Crippen LogP contribution in [0.3, 0.4) is 0 Å². The number of amides is 1. The van der Waals surface area contributed by atoms with Gasteiger partial charge in [0.15, 0.2) is 0 Å². The number of aliphatic carboxylic acids is 1. The van der Waals surface area contributed by atoms with E-state index in [2.05, 4.69) is 0 Å². The van der Waals surface area contributed by atoms with Crippen LogP contribution in [0.5, 0.6) is 0 Å². The molecule has 8 nitrogen and oxygen atoms in total. The van der Waals surface area contributed by atoms with Gasteiger partial charge in [0, 0.05) is 29.8 Å². The topological polar surface area (TPSA) is 111 Å². The van der Waals surface area contributed by atoms with E-state index in [0.717, 1.165) is 29.3 Å². The Labute approximate surface area is 200 Å². The lowest BCUT2D eigenvalue weighted by Crippen LogP contribution is -2.60. The van der Waals surface area contributed by atoms with Gasteiger partial charge in [-0.25, -0.2) is 8.51 Å². The fourth-order valence-corrected chi connectivity index (χ4v) is 5.77. The third-order valence-corrected chi connectivity index (χ3v) is 7.25. The molecule has 4 rings (SSSR count). The molecule has 0 saturated heterocycles. The number of anilines is 1. The number of rotatable bonds is 9. The van der Waals surface area contributed by atoms with Crippen molar-refractivity contribution in [2.45, 2.75) is 58.0 Å². The number of benzene rings is 2. The summed E-state index contributed by atoms with van der Waals surface area (Å²) >= 11 is -2.51. The number of carbonyl (C=O) groups is 2. The number of allylic oxidation sites excluding steroid dienone is 2. The number of hydrogen-bond acceptors (Lipinski definition) is 4. The van der Waals surface area contributed by atoms with E-state index < -0.39 is 22.9 Å². The molecule has 180 valence electrons. The average molecular weight is 485 g/mol. The van der Waals surface area contributed by atoms with Gasteiger partial charge in [-0.3, -0.25) is 19.0 Å². The van der Waals surface area contributed by atoms with Crippen LogP contribution in [0.4, 0.5) is 5.69 Å². The second kappa shape index (κ2) is 9.60. The largest absolute Gasteiger partial charge is 0.481 e. The molecule has 0 saturated carbocycles. The molecular formula is C25H28N2O6S. The molecule has 0 bridgehead atoms. The minimum atomic E-state index is -2.51. The lowest BCUT2D eigenvalue weighted by Gasteiger charge is -2.48. The highest BCUT2D eigenvalue weighted by molar-refractivity contribution is 7.80. The van der Waals surface area contributed by atoms with Crippen LogP contribution in [-0.2, 0) is 20.9 Å². The maximum atomic E-state index is 12.9. The first kappa shape index (κ1) is 24.0. The Hall–Kier alpha value is -3.17. The summed E-state index contributed by atoms with van der Waals surface area (Å²) < 4.78 is 30.6. The SMILES string of the molecule is CC(=O)N(C1=CCCC1)C(C)(CCCC(=O)O)N(c1ccc2oc3ccccc3c2c1)S(=O)O. The molecule has 34 heavy (non-hydrogen) atoms. The van der Waals surface area contributed by atoms with Crippen LogP contribution in [0.1, 0.15) is 52.4 Å². The van der Waals surface area contributed by atoms with Crippen molar-refractivity contribution in [3.63, 3.8) is 0 Å². The molecule has 9 heteroatoms. The summed E-state index contributed by atoms with van der Waals surface area (Å²) in [6.45, 7) is 3.15. The molecule has 1 heterocycles. The summed E-state index contributed by atoms with van der Waals surface area (Å²) in [5.41, 5.74) is 1.29. The third kappa shape index (κ3) is 4.45. The highest BCUT2D eigenvalue weighted by Crippen LogP contribution is 2.40. The number of hydrogen-bond donors (Lipinski definition) is 2. The Morgan fingerprint density at radius 2 is 1.88 bits per heavy atom. The Morgan fingerprint density at radius 1 is 1.15 bits per heavy atom. The van der Waals surface area contributed by atoms with Gasteiger partial charge < -0.3 is 9.52 Å². The van der Waals surface area contributed by atoms with E-state index in [-0.39, 0.29) is 25.2 Å². The maximum absolute atomic E-state index is 12.9. The predicted molar refractivity (Wildman–Crippen MR) is 131 cm³/mol.